The molecule has 2 aromatic carbocycles. The zero-order valence-electron chi connectivity index (χ0n) is 18.2. The number of benzene rings is 2. The average Bonchev–Trinajstić information content (AvgIpc) is 3.38. The van der Waals surface area contributed by atoms with Crippen molar-refractivity contribution in [1.82, 2.24) is 29.1 Å². The van der Waals surface area contributed by atoms with Crippen molar-refractivity contribution < 1.29 is 13.3 Å². The van der Waals surface area contributed by atoms with Crippen LogP contribution in [-0.4, -0.2) is 55.3 Å². The van der Waals surface area contributed by atoms with Crippen LogP contribution in [0, 0.1) is 11.7 Å². The molecule has 1 fully saturated rings. The normalized spacial score (nSPS) is 15.6. The topological polar surface area (TPSA) is 55.3 Å². The highest BCUT2D eigenvalue weighted by Gasteiger charge is 2.22. The highest BCUT2D eigenvalue weighted by atomic mass is 32.1. The molecule has 1 aliphatic rings. The number of fused-ring (bicyclic) bond motifs is 1. The summed E-state index contributed by atoms with van der Waals surface area (Å²) in [6.07, 6.45) is 0. The highest BCUT2D eigenvalue weighted by Crippen LogP contribution is 2.25. The first kappa shape index (κ1) is 21.9. The highest BCUT2D eigenvalue weighted by molar-refractivity contribution is 7.71. The molecular formula is C23H24F2N6OS. The molecule has 4 aromatic rings. The Morgan fingerprint density at radius 1 is 0.970 bits per heavy atom. The molecule has 0 radical (unpaired) electrons. The molecule has 2 aromatic heterocycles. The first-order chi connectivity index (χ1) is 16.0. The number of piperazine rings is 1. The van der Waals surface area contributed by atoms with Gasteiger partial charge in [0.05, 0.1) is 24.2 Å². The van der Waals surface area contributed by atoms with Crippen molar-refractivity contribution in [1.29, 1.82) is 0 Å². The van der Waals surface area contributed by atoms with Crippen LogP contribution in [-0.2, 0) is 13.2 Å². The van der Waals surface area contributed by atoms with Crippen LogP contribution < -0.4 is 0 Å². The van der Waals surface area contributed by atoms with E-state index in [0.29, 0.717) is 30.4 Å². The van der Waals surface area contributed by atoms with Gasteiger partial charge in [-0.2, -0.15) is 13.8 Å². The molecular weight excluding hydrogens is 446 g/mol. The molecule has 0 amide bonds. The lowest BCUT2D eigenvalue weighted by Crippen LogP contribution is -2.46. The van der Waals surface area contributed by atoms with E-state index in [1.807, 2.05) is 43.3 Å². The van der Waals surface area contributed by atoms with E-state index >= 15 is 0 Å². The van der Waals surface area contributed by atoms with Gasteiger partial charge in [-0.1, -0.05) is 41.6 Å². The summed E-state index contributed by atoms with van der Waals surface area (Å²) in [6, 6.07) is 15.1. The van der Waals surface area contributed by atoms with Crippen molar-refractivity contribution in [3.05, 3.63) is 64.8 Å². The summed E-state index contributed by atoms with van der Waals surface area (Å²) in [7, 11) is 0. The molecule has 0 unspecified atom stereocenters. The molecule has 3 heterocycles. The van der Waals surface area contributed by atoms with Gasteiger partial charge in [0.25, 0.3) is 0 Å². The first-order valence-corrected chi connectivity index (χ1v) is 11.2. The monoisotopic (exact) mass is 470 g/mol. The Bertz CT molecular complexity index is 1320. The van der Waals surface area contributed by atoms with Gasteiger partial charge in [-0.05, 0) is 36.8 Å². The van der Waals surface area contributed by atoms with Crippen molar-refractivity contribution in [3.63, 3.8) is 0 Å². The Labute approximate surface area is 194 Å². The van der Waals surface area contributed by atoms with Crippen LogP contribution in [0.4, 0.5) is 8.78 Å². The van der Waals surface area contributed by atoms with Crippen LogP contribution in [0.25, 0.3) is 22.4 Å². The Morgan fingerprint density at radius 2 is 1.64 bits per heavy atom. The molecule has 10 heteroatoms. The third kappa shape index (κ3) is 4.33. The summed E-state index contributed by atoms with van der Waals surface area (Å²) in [5.41, 5.74) is 3.25. The van der Waals surface area contributed by atoms with Gasteiger partial charge in [0, 0.05) is 31.7 Å². The third-order valence-electron chi connectivity index (χ3n) is 6.08. The summed E-state index contributed by atoms with van der Waals surface area (Å²) >= 11 is 5.38. The van der Waals surface area contributed by atoms with Crippen molar-refractivity contribution in [2.75, 3.05) is 26.2 Å². The second kappa shape index (κ2) is 9.12. The number of para-hydroxylation sites is 2. The number of aryl methyl sites for hydroxylation is 1. The van der Waals surface area contributed by atoms with Gasteiger partial charge >= 0.3 is 6.55 Å². The third-order valence-corrected chi connectivity index (χ3v) is 6.50. The molecule has 0 atom stereocenters. The number of hydrogen-bond acceptors (Lipinski definition) is 6. The smallest absolute Gasteiger partial charge is 0.321 e. The van der Waals surface area contributed by atoms with Crippen LogP contribution in [0.15, 0.2) is 53.1 Å². The minimum Gasteiger partial charge on any atom is -0.338 e. The Kier molecular flexibility index (Phi) is 6.05. The molecule has 33 heavy (non-hydrogen) atoms. The summed E-state index contributed by atoms with van der Waals surface area (Å²) in [5.74, 6) is 1.19. The van der Waals surface area contributed by atoms with E-state index in [1.54, 1.807) is 16.7 Å². The standard InChI is InChI=1S/C23H24F2N6OS/c1-16-6-2-3-7-17(16)21-26-20(32-27-21)14-28-10-12-29(13-11-28)15-30-18-8-4-5-9-19(18)31(22(24)25)23(30)33/h2-9,22H,10-15H2,1H3. The average molecular weight is 471 g/mol. The minimum atomic E-state index is -2.67. The number of rotatable bonds is 6. The maximum absolute atomic E-state index is 13.6. The van der Waals surface area contributed by atoms with Crippen molar-refractivity contribution in [2.45, 2.75) is 26.7 Å². The summed E-state index contributed by atoms with van der Waals surface area (Å²) in [5, 5.41) is 4.14. The van der Waals surface area contributed by atoms with Gasteiger partial charge in [0.1, 0.15) is 0 Å². The van der Waals surface area contributed by atoms with Crippen LogP contribution >= 0.6 is 12.2 Å². The molecule has 5 rings (SSSR count). The summed E-state index contributed by atoms with van der Waals surface area (Å²) in [4.78, 5) is 9.04. The second-order valence-electron chi connectivity index (χ2n) is 8.21. The fourth-order valence-corrected chi connectivity index (χ4v) is 4.62. The fourth-order valence-electron chi connectivity index (χ4n) is 4.29. The van der Waals surface area contributed by atoms with Gasteiger partial charge in [-0.15, -0.1) is 0 Å². The Hall–Kier alpha value is -2.95. The zero-order valence-corrected chi connectivity index (χ0v) is 19.0. The molecule has 1 aliphatic heterocycles. The SMILES string of the molecule is Cc1ccccc1-c1noc(CN2CCN(Cn3c(=S)n(C(F)F)c4ccccc43)CC2)n1. The van der Waals surface area contributed by atoms with Crippen LogP contribution in [0.5, 0.6) is 0 Å². The first-order valence-electron chi connectivity index (χ1n) is 10.8. The number of hydrogen-bond donors (Lipinski definition) is 0. The number of imidazole rings is 1. The molecule has 0 bridgehead atoms. The molecule has 7 nitrogen and oxygen atoms in total. The van der Waals surface area contributed by atoms with Gasteiger partial charge < -0.3 is 9.09 Å². The number of nitrogens with zero attached hydrogens (tertiary/aromatic N) is 6. The van der Waals surface area contributed by atoms with Gasteiger partial charge in [-0.3, -0.25) is 14.4 Å². The predicted molar refractivity (Wildman–Crippen MR) is 123 cm³/mol. The molecule has 172 valence electrons. The predicted octanol–water partition coefficient (Wildman–Crippen LogP) is 4.70. The fraction of sp³-hybridized carbons (Fsp3) is 0.348. The number of halogens is 2. The van der Waals surface area contributed by atoms with E-state index in [2.05, 4.69) is 19.9 Å². The van der Waals surface area contributed by atoms with Crippen LogP contribution in [0.2, 0.25) is 0 Å². The van der Waals surface area contributed by atoms with Crippen molar-refractivity contribution >= 4 is 23.3 Å². The summed E-state index contributed by atoms with van der Waals surface area (Å²) < 4.78 is 35.5. The van der Waals surface area contributed by atoms with E-state index in [9.17, 15) is 8.78 Å². The van der Waals surface area contributed by atoms with E-state index in [-0.39, 0.29) is 4.77 Å². The molecule has 0 aliphatic carbocycles. The van der Waals surface area contributed by atoms with Gasteiger partial charge in [0.2, 0.25) is 11.7 Å². The molecule has 1 saturated heterocycles. The zero-order chi connectivity index (χ0) is 22.9. The number of alkyl halides is 2. The number of aromatic nitrogens is 4. The van der Waals surface area contributed by atoms with Crippen molar-refractivity contribution in [2.24, 2.45) is 0 Å². The molecule has 0 saturated carbocycles. The Balaban J connectivity index is 1.24. The van der Waals surface area contributed by atoms with E-state index < -0.39 is 6.55 Å². The van der Waals surface area contributed by atoms with E-state index in [4.69, 9.17) is 16.7 Å². The lowest BCUT2D eigenvalue weighted by Gasteiger charge is -2.34. The largest absolute Gasteiger partial charge is 0.338 e. The van der Waals surface area contributed by atoms with Crippen LogP contribution in [0.3, 0.4) is 0 Å². The lowest BCUT2D eigenvalue weighted by atomic mass is 10.1. The van der Waals surface area contributed by atoms with Crippen LogP contribution in [0.1, 0.15) is 18.0 Å². The maximum Gasteiger partial charge on any atom is 0.321 e. The van der Waals surface area contributed by atoms with Gasteiger partial charge in [0.15, 0.2) is 4.77 Å². The van der Waals surface area contributed by atoms with E-state index in [1.165, 1.54) is 0 Å². The van der Waals surface area contributed by atoms with E-state index in [0.717, 1.165) is 47.4 Å². The maximum atomic E-state index is 13.6. The quantitative estimate of drug-likeness (QED) is 0.381. The molecule has 0 N–H and O–H groups in total. The van der Waals surface area contributed by atoms with Gasteiger partial charge in [-0.25, -0.2) is 0 Å². The molecule has 0 spiro atoms. The summed E-state index contributed by atoms with van der Waals surface area (Å²) in [6.45, 7) is 3.60. The minimum absolute atomic E-state index is 0.142. The van der Waals surface area contributed by atoms with Crippen molar-refractivity contribution in [3.8, 4) is 11.4 Å². The Morgan fingerprint density at radius 3 is 2.36 bits per heavy atom. The lowest BCUT2D eigenvalue weighted by molar-refractivity contribution is 0.0694. The second-order valence-corrected chi connectivity index (χ2v) is 8.57.